The topological polar surface area (TPSA) is 41.1 Å². The monoisotopic (exact) mass is 400 g/mol. The van der Waals surface area contributed by atoms with Crippen molar-refractivity contribution in [2.75, 3.05) is 13.1 Å². The first-order valence-corrected chi connectivity index (χ1v) is 10.6. The molecule has 0 bridgehead atoms. The molecule has 0 saturated carbocycles. The molecule has 2 aromatic carbocycles. The first kappa shape index (κ1) is 21.6. The van der Waals surface area contributed by atoms with Crippen molar-refractivity contribution < 1.29 is 13.6 Å². The van der Waals surface area contributed by atoms with E-state index in [0.717, 1.165) is 31.7 Å². The predicted octanol–water partition coefficient (Wildman–Crippen LogP) is 4.28. The lowest BCUT2D eigenvalue weighted by Gasteiger charge is -2.28. The van der Waals surface area contributed by atoms with Crippen molar-refractivity contribution in [2.24, 2.45) is 0 Å². The van der Waals surface area contributed by atoms with Crippen LogP contribution in [0.3, 0.4) is 0 Å². The molecule has 1 aliphatic carbocycles. The summed E-state index contributed by atoms with van der Waals surface area (Å²) in [5, 5.41) is 6.60. The summed E-state index contributed by atoms with van der Waals surface area (Å²) in [6.07, 6.45) is 4.45. The zero-order valence-corrected chi connectivity index (χ0v) is 17.2. The van der Waals surface area contributed by atoms with Crippen LogP contribution >= 0.6 is 0 Å². The SMILES string of the molecule is CCN[C@@H](Cc1cc(F)cc(F)c1)C(=O)CNC1CCCc2ccc(CC)cc21. The molecule has 0 saturated heterocycles. The van der Waals surface area contributed by atoms with Crippen molar-refractivity contribution in [1.29, 1.82) is 0 Å². The maximum Gasteiger partial charge on any atom is 0.163 e. The van der Waals surface area contributed by atoms with Gasteiger partial charge in [0.05, 0.1) is 12.6 Å². The Labute approximate surface area is 171 Å². The van der Waals surface area contributed by atoms with Gasteiger partial charge < -0.3 is 10.6 Å². The lowest BCUT2D eigenvalue weighted by atomic mass is 9.86. The van der Waals surface area contributed by atoms with E-state index in [0.29, 0.717) is 12.1 Å². The van der Waals surface area contributed by atoms with E-state index in [1.54, 1.807) is 0 Å². The number of carbonyl (C=O) groups is 1. The Morgan fingerprint density at radius 2 is 1.86 bits per heavy atom. The van der Waals surface area contributed by atoms with Crippen molar-refractivity contribution >= 4 is 5.78 Å². The number of benzene rings is 2. The Balaban J connectivity index is 1.67. The fourth-order valence-corrected chi connectivity index (χ4v) is 4.14. The minimum absolute atomic E-state index is 0.00953. The predicted molar refractivity (Wildman–Crippen MR) is 112 cm³/mol. The Bertz CT molecular complexity index is 833. The van der Waals surface area contributed by atoms with Crippen molar-refractivity contribution in [1.82, 2.24) is 10.6 Å². The lowest BCUT2D eigenvalue weighted by molar-refractivity contribution is -0.120. The average molecular weight is 401 g/mol. The molecule has 0 radical (unpaired) electrons. The Kier molecular flexibility index (Phi) is 7.51. The van der Waals surface area contributed by atoms with Crippen LogP contribution in [0.15, 0.2) is 36.4 Å². The highest BCUT2D eigenvalue weighted by Gasteiger charge is 2.23. The van der Waals surface area contributed by atoms with Crippen LogP contribution in [0.4, 0.5) is 8.78 Å². The van der Waals surface area contributed by atoms with Gasteiger partial charge >= 0.3 is 0 Å². The molecular formula is C24H30F2N2O. The molecule has 5 heteroatoms. The van der Waals surface area contributed by atoms with Crippen LogP contribution in [0.2, 0.25) is 0 Å². The third-order valence-corrected chi connectivity index (χ3v) is 5.66. The molecule has 0 aliphatic heterocycles. The van der Waals surface area contributed by atoms with Gasteiger partial charge in [0.2, 0.25) is 0 Å². The molecule has 2 atom stereocenters. The van der Waals surface area contributed by atoms with E-state index in [1.165, 1.54) is 28.8 Å². The number of likely N-dealkylation sites (N-methyl/N-ethyl adjacent to an activating group) is 1. The zero-order chi connectivity index (χ0) is 20.8. The number of hydrogen-bond donors (Lipinski definition) is 2. The molecule has 0 aromatic heterocycles. The van der Waals surface area contributed by atoms with Crippen LogP contribution in [0.25, 0.3) is 0 Å². The normalized spacial score (nSPS) is 17.0. The summed E-state index contributed by atoms with van der Waals surface area (Å²) in [5.41, 5.74) is 4.45. The van der Waals surface area contributed by atoms with E-state index >= 15 is 0 Å². The highest BCUT2D eigenvalue weighted by atomic mass is 19.1. The maximum absolute atomic E-state index is 13.5. The van der Waals surface area contributed by atoms with Crippen molar-refractivity contribution in [3.05, 3.63) is 70.3 Å². The summed E-state index contributed by atoms with van der Waals surface area (Å²) in [6.45, 7) is 4.91. The number of Topliss-reactive ketones (excluding diaryl/α,β-unsaturated/α-hetero) is 1. The number of aryl methyl sites for hydroxylation is 2. The molecule has 0 spiro atoms. The molecule has 2 aromatic rings. The van der Waals surface area contributed by atoms with E-state index in [9.17, 15) is 13.6 Å². The van der Waals surface area contributed by atoms with Crippen molar-refractivity contribution in [3.8, 4) is 0 Å². The van der Waals surface area contributed by atoms with Crippen molar-refractivity contribution in [3.63, 3.8) is 0 Å². The summed E-state index contributed by atoms with van der Waals surface area (Å²) in [7, 11) is 0. The van der Waals surface area contributed by atoms with Crippen LogP contribution in [0.1, 0.15) is 55.0 Å². The van der Waals surface area contributed by atoms with Crippen LogP contribution in [-0.2, 0) is 24.1 Å². The molecule has 1 aliphatic rings. The van der Waals surface area contributed by atoms with Crippen LogP contribution in [0, 0.1) is 11.6 Å². The van der Waals surface area contributed by atoms with E-state index in [2.05, 4.69) is 35.8 Å². The first-order valence-electron chi connectivity index (χ1n) is 10.6. The molecule has 1 unspecified atom stereocenters. The number of ketones is 1. The molecule has 3 nitrogen and oxygen atoms in total. The molecule has 0 amide bonds. The second-order valence-corrected chi connectivity index (χ2v) is 7.77. The van der Waals surface area contributed by atoms with Gasteiger partial charge in [-0.2, -0.15) is 0 Å². The van der Waals surface area contributed by atoms with E-state index in [-0.39, 0.29) is 24.8 Å². The van der Waals surface area contributed by atoms with Gasteiger partial charge in [0.25, 0.3) is 0 Å². The number of halogens is 2. The van der Waals surface area contributed by atoms with Crippen LogP contribution in [-0.4, -0.2) is 24.9 Å². The van der Waals surface area contributed by atoms with Crippen LogP contribution in [0.5, 0.6) is 0 Å². The zero-order valence-electron chi connectivity index (χ0n) is 17.2. The number of fused-ring (bicyclic) bond motifs is 1. The molecule has 0 heterocycles. The minimum atomic E-state index is -0.619. The van der Waals surface area contributed by atoms with Gasteiger partial charge in [0, 0.05) is 12.1 Å². The molecule has 2 N–H and O–H groups in total. The Morgan fingerprint density at radius 1 is 1.10 bits per heavy atom. The van der Waals surface area contributed by atoms with Crippen LogP contribution < -0.4 is 10.6 Å². The van der Waals surface area contributed by atoms with Gasteiger partial charge in [0.15, 0.2) is 5.78 Å². The fourth-order valence-electron chi connectivity index (χ4n) is 4.14. The molecule has 0 fully saturated rings. The van der Waals surface area contributed by atoms with Gasteiger partial charge in [-0.3, -0.25) is 4.79 Å². The Morgan fingerprint density at radius 3 is 2.55 bits per heavy atom. The van der Waals surface area contributed by atoms with E-state index in [1.807, 2.05) is 6.92 Å². The summed E-state index contributed by atoms with van der Waals surface area (Å²) in [4.78, 5) is 12.9. The maximum atomic E-state index is 13.5. The summed E-state index contributed by atoms with van der Waals surface area (Å²) >= 11 is 0. The summed E-state index contributed by atoms with van der Waals surface area (Å²) < 4.78 is 27.0. The van der Waals surface area contributed by atoms with E-state index in [4.69, 9.17) is 0 Å². The third kappa shape index (κ3) is 5.71. The van der Waals surface area contributed by atoms with Crippen molar-refractivity contribution in [2.45, 2.75) is 58.0 Å². The number of carbonyl (C=O) groups excluding carboxylic acids is 1. The fraction of sp³-hybridized carbons (Fsp3) is 0.458. The lowest BCUT2D eigenvalue weighted by Crippen LogP contribution is -2.44. The van der Waals surface area contributed by atoms with Gasteiger partial charge in [-0.15, -0.1) is 0 Å². The van der Waals surface area contributed by atoms with E-state index < -0.39 is 17.7 Å². The minimum Gasteiger partial charge on any atom is -0.307 e. The second kappa shape index (κ2) is 10.1. The average Bonchev–Trinajstić information content (AvgIpc) is 2.70. The molecule has 156 valence electrons. The first-order chi connectivity index (χ1) is 14.0. The highest BCUT2D eigenvalue weighted by molar-refractivity contribution is 5.86. The quantitative estimate of drug-likeness (QED) is 0.660. The van der Waals surface area contributed by atoms with Gasteiger partial charge in [-0.25, -0.2) is 8.78 Å². The number of hydrogen-bond acceptors (Lipinski definition) is 3. The smallest absolute Gasteiger partial charge is 0.163 e. The molecular weight excluding hydrogens is 370 g/mol. The second-order valence-electron chi connectivity index (χ2n) is 7.77. The third-order valence-electron chi connectivity index (χ3n) is 5.66. The molecule has 29 heavy (non-hydrogen) atoms. The Hall–Kier alpha value is -2.11. The number of nitrogens with one attached hydrogen (secondary N) is 2. The van der Waals surface area contributed by atoms with Gasteiger partial charge in [-0.05, 0) is 73.0 Å². The van der Waals surface area contributed by atoms with Gasteiger partial charge in [0.1, 0.15) is 11.6 Å². The molecule has 3 rings (SSSR count). The summed E-state index contributed by atoms with van der Waals surface area (Å²) in [6, 6.07) is 9.78. The number of rotatable bonds is 9. The highest BCUT2D eigenvalue weighted by Crippen LogP contribution is 2.30. The standard InChI is InChI=1S/C24H30F2N2O/c1-3-16-8-9-18-6-5-7-22(21(18)12-16)28-15-24(29)23(27-4-2)13-17-10-19(25)14-20(26)11-17/h8-12,14,22-23,27-28H,3-7,13,15H2,1-2H3/t22?,23-/m0/s1. The summed E-state index contributed by atoms with van der Waals surface area (Å²) in [5.74, 6) is -1.23. The van der Waals surface area contributed by atoms with Gasteiger partial charge in [-0.1, -0.05) is 32.0 Å². The largest absolute Gasteiger partial charge is 0.307 e.